The van der Waals surface area contributed by atoms with Gasteiger partial charge < -0.3 is 9.67 Å². The van der Waals surface area contributed by atoms with Crippen LogP contribution in [0.5, 0.6) is 0 Å². The standard InChI is InChI=1S/C13H17BrN2O3S2/c1-9(2)16-7-12(5-10(16)8-17)21(18,19)15-6-11-3-4-13(14)20-11/h3-5,7,9,15,17H,6,8H2,1-2H3. The number of aliphatic hydroxyl groups excluding tert-OH is 1. The van der Waals surface area contributed by atoms with E-state index in [1.807, 2.05) is 26.0 Å². The number of hydrogen-bond acceptors (Lipinski definition) is 4. The van der Waals surface area contributed by atoms with Gasteiger partial charge in [-0.05, 0) is 48.0 Å². The van der Waals surface area contributed by atoms with Crippen molar-refractivity contribution in [3.8, 4) is 0 Å². The Kier molecular flexibility index (Phi) is 5.26. The topological polar surface area (TPSA) is 71.3 Å². The quantitative estimate of drug-likeness (QED) is 0.793. The van der Waals surface area contributed by atoms with Crippen LogP contribution in [0.4, 0.5) is 0 Å². The van der Waals surface area contributed by atoms with E-state index in [1.165, 1.54) is 17.4 Å². The largest absolute Gasteiger partial charge is 0.390 e. The highest BCUT2D eigenvalue weighted by Gasteiger charge is 2.19. The summed E-state index contributed by atoms with van der Waals surface area (Å²) >= 11 is 4.83. The van der Waals surface area contributed by atoms with Crippen LogP contribution in [0.3, 0.4) is 0 Å². The molecule has 0 aliphatic heterocycles. The average Bonchev–Trinajstić information content (AvgIpc) is 3.02. The van der Waals surface area contributed by atoms with Crippen molar-refractivity contribution in [3.63, 3.8) is 0 Å². The predicted octanol–water partition coefficient (Wildman–Crippen LogP) is 2.86. The van der Waals surface area contributed by atoms with E-state index in [2.05, 4.69) is 20.7 Å². The van der Waals surface area contributed by atoms with Gasteiger partial charge in [0.2, 0.25) is 10.0 Å². The summed E-state index contributed by atoms with van der Waals surface area (Å²) in [7, 11) is -3.59. The van der Waals surface area contributed by atoms with Crippen molar-refractivity contribution >= 4 is 37.3 Å². The van der Waals surface area contributed by atoms with Crippen molar-refractivity contribution in [2.75, 3.05) is 0 Å². The van der Waals surface area contributed by atoms with E-state index in [0.29, 0.717) is 5.69 Å². The van der Waals surface area contributed by atoms with E-state index in [9.17, 15) is 13.5 Å². The van der Waals surface area contributed by atoms with Crippen LogP contribution in [0, 0.1) is 0 Å². The average molecular weight is 393 g/mol. The van der Waals surface area contributed by atoms with E-state index >= 15 is 0 Å². The first-order chi connectivity index (χ1) is 9.83. The highest BCUT2D eigenvalue weighted by atomic mass is 79.9. The minimum absolute atomic E-state index is 0.0874. The summed E-state index contributed by atoms with van der Waals surface area (Å²) in [6.45, 7) is 3.93. The van der Waals surface area contributed by atoms with E-state index in [1.54, 1.807) is 10.8 Å². The number of aromatic nitrogens is 1. The molecule has 2 heterocycles. The zero-order valence-corrected chi connectivity index (χ0v) is 14.9. The monoisotopic (exact) mass is 392 g/mol. The molecule has 0 spiro atoms. The third-order valence-corrected chi connectivity index (χ3v) is 5.99. The molecule has 0 saturated carbocycles. The highest BCUT2D eigenvalue weighted by Crippen LogP contribution is 2.23. The SMILES string of the molecule is CC(C)n1cc(S(=O)(=O)NCc2ccc(Br)s2)cc1CO. The van der Waals surface area contributed by atoms with Crippen LogP contribution < -0.4 is 4.72 Å². The molecule has 21 heavy (non-hydrogen) atoms. The van der Waals surface area contributed by atoms with Crippen LogP contribution in [-0.2, 0) is 23.2 Å². The molecule has 0 atom stereocenters. The van der Waals surface area contributed by atoms with Crippen molar-refractivity contribution in [3.05, 3.63) is 38.8 Å². The molecule has 2 aromatic heterocycles. The lowest BCUT2D eigenvalue weighted by atomic mass is 10.3. The molecule has 0 bridgehead atoms. The maximum Gasteiger partial charge on any atom is 0.242 e. The van der Waals surface area contributed by atoms with Gasteiger partial charge in [0.05, 0.1) is 15.3 Å². The number of nitrogens with one attached hydrogen (secondary N) is 1. The zero-order valence-electron chi connectivity index (χ0n) is 11.7. The lowest BCUT2D eigenvalue weighted by molar-refractivity contribution is 0.268. The third kappa shape index (κ3) is 3.95. The number of halogens is 1. The zero-order chi connectivity index (χ0) is 15.6. The van der Waals surface area contributed by atoms with Crippen molar-refractivity contribution in [1.82, 2.24) is 9.29 Å². The lowest BCUT2D eigenvalue weighted by Crippen LogP contribution is -2.22. The van der Waals surface area contributed by atoms with Crippen LogP contribution in [0.1, 0.15) is 30.5 Å². The summed E-state index contributed by atoms with van der Waals surface area (Å²) in [5, 5.41) is 9.32. The van der Waals surface area contributed by atoms with Crippen molar-refractivity contribution in [2.45, 2.75) is 37.9 Å². The second-order valence-corrected chi connectivity index (χ2v) is 9.17. The number of nitrogens with zero attached hydrogens (tertiary/aromatic N) is 1. The Morgan fingerprint density at radius 3 is 2.62 bits per heavy atom. The maximum atomic E-state index is 12.3. The first-order valence-corrected chi connectivity index (χ1v) is 9.48. The number of hydrogen-bond donors (Lipinski definition) is 2. The first kappa shape index (κ1) is 16.7. The molecule has 0 aliphatic carbocycles. The molecule has 5 nitrogen and oxygen atoms in total. The summed E-state index contributed by atoms with van der Waals surface area (Å²) in [6.07, 6.45) is 1.56. The molecule has 2 rings (SSSR count). The summed E-state index contributed by atoms with van der Waals surface area (Å²) in [6, 6.07) is 5.35. The Hall–Kier alpha value is -0.670. The number of thiophene rings is 1. The van der Waals surface area contributed by atoms with E-state index < -0.39 is 10.0 Å². The van der Waals surface area contributed by atoms with Crippen molar-refractivity contribution in [2.24, 2.45) is 0 Å². The summed E-state index contributed by atoms with van der Waals surface area (Å²) in [4.78, 5) is 1.10. The molecule has 0 amide bonds. The molecule has 0 radical (unpaired) electrons. The number of rotatable bonds is 6. The molecule has 0 aromatic carbocycles. The second-order valence-electron chi connectivity index (χ2n) is 4.86. The Morgan fingerprint density at radius 1 is 1.43 bits per heavy atom. The summed E-state index contributed by atoms with van der Waals surface area (Å²) in [5.41, 5.74) is 0.587. The minimum Gasteiger partial charge on any atom is -0.390 e. The third-order valence-electron chi connectivity index (χ3n) is 3.00. The fraction of sp³-hybridized carbons (Fsp3) is 0.385. The van der Waals surface area contributed by atoms with Crippen LogP contribution in [-0.4, -0.2) is 18.1 Å². The van der Waals surface area contributed by atoms with Gasteiger partial charge in [0.1, 0.15) is 0 Å². The fourth-order valence-corrected chi connectivity index (χ4v) is 4.52. The summed E-state index contributed by atoms with van der Waals surface area (Å²) < 4.78 is 29.9. The number of aliphatic hydroxyl groups is 1. The van der Waals surface area contributed by atoms with Gasteiger partial charge in [-0.2, -0.15) is 0 Å². The predicted molar refractivity (Wildman–Crippen MR) is 86.8 cm³/mol. The van der Waals surface area contributed by atoms with E-state index in [-0.39, 0.29) is 24.1 Å². The molecule has 0 unspecified atom stereocenters. The van der Waals surface area contributed by atoms with Crippen LogP contribution in [0.15, 0.2) is 33.1 Å². The Balaban J connectivity index is 2.19. The van der Waals surface area contributed by atoms with E-state index in [4.69, 9.17) is 0 Å². The van der Waals surface area contributed by atoms with Gasteiger partial charge in [-0.3, -0.25) is 0 Å². The lowest BCUT2D eigenvalue weighted by Gasteiger charge is -2.10. The molecular formula is C13H17BrN2O3S2. The van der Waals surface area contributed by atoms with Gasteiger partial charge >= 0.3 is 0 Å². The smallest absolute Gasteiger partial charge is 0.242 e. The maximum absolute atomic E-state index is 12.3. The van der Waals surface area contributed by atoms with Gasteiger partial charge in [-0.25, -0.2) is 13.1 Å². The molecule has 0 aliphatic rings. The molecule has 0 fully saturated rings. The van der Waals surface area contributed by atoms with Gasteiger partial charge in [-0.1, -0.05) is 0 Å². The fourth-order valence-electron chi connectivity index (χ4n) is 1.95. The first-order valence-electron chi connectivity index (χ1n) is 6.39. The Bertz CT molecular complexity index is 720. The van der Waals surface area contributed by atoms with Crippen LogP contribution in [0.25, 0.3) is 0 Å². The molecule has 116 valence electrons. The molecule has 2 aromatic rings. The van der Waals surface area contributed by atoms with Crippen LogP contribution in [0.2, 0.25) is 0 Å². The van der Waals surface area contributed by atoms with Gasteiger partial charge in [0.15, 0.2) is 0 Å². The van der Waals surface area contributed by atoms with E-state index in [0.717, 1.165) is 8.66 Å². The summed E-state index contributed by atoms with van der Waals surface area (Å²) in [5.74, 6) is 0. The minimum atomic E-state index is -3.59. The molecule has 0 saturated heterocycles. The normalized spacial score (nSPS) is 12.2. The van der Waals surface area contributed by atoms with Crippen molar-refractivity contribution in [1.29, 1.82) is 0 Å². The molecule has 2 N–H and O–H groups in total. The Morgan fingerprint density at radius 2 is 2.14 bits per heavy atom. The number of sulfonamides is 1. The van der Waals surface area contributed by atoms with Crippen molar-refractivity contribution < 1.29 is 13.5 Å². The van der Waals surface area contributed by atoms with Gasteiger partial charge in [-0.15, -0.1) is 11.3 Å². The molecular weight excluding hydrogens is 376 g/mol. The van der Waals surface area contributed by atoms with Gasteiger partial charge in [0.25, 0.3) is 0 Å². The second kappa shape index (κ2) is 6.62. The van der Waals surface area contributed by atoms with Gasteiger partial charge in [0, 0.05) is 29.4 Å². The Labute approximate surface area is 136 Å². The van der Waals surface area contributed by atoms with Crippen LogP contribution >= 0.6 is 27.3 Å². The highest BCUT2D eigenvalue weighted by molar-refractivity contribution is 9.11. The molecule has 8 heteroatoms.